The molecule has 1 saturated heterocycles. The van der Waals surface area contributed by atoms with Crippen molar-refractivity contribution < 1.29 is 19.4 Å². The number of nitrogens with zero attached hydrogens (tertiary/aromatic N) is 2. The van der Waals surface area contributed by atoms with E-state index in [1.54, 1.807) is 54.6 Å². The fraction of sp³-hybridized carbons (Fsp3) is 0.280. The molecule has 0 aliphatic carbocycles. The molecule has 0 spiro atoms. The van der Waals surface area contributed by atoms with E-state index in [9.17, 15) is 14.7 Å². The molecule has 0 saturated carbocycles. The Balaban J connectivity index is 2.02. The van der Waals surface area contributed by atoms with Gasteiger partial charge >= 0.3 is 0 Å². The van der Waals surface area contributed by atoms with Crippen molar-refractivity contribution in [2.24, 2.45) is 0 Å². The number of benzene rings is 2. The third kappa shape index (κ3) is 5.21. The molecule has 168 valence electrons. The summed E-state index contributed by atoms with van der Waals surface area (Å²) in [7, 11) is 3.90. The molecule has 1 heterocycles. The molecule has 0 radical (unpaired) electrons. The van der Waals surface area contributed by atoms with Gasteiger partial charge in [-0.3, -0.25) is 9.59 Å². The standard InChI is InChI=1S/C25H27ClN2O4/c1-4-16-32-20-12-8-18(9-13-20)23(29)21-22(17-6-10-19(26)11-7-17)28(25(31)24(21)30)15-5-14-27(2)3/h4,6-13,22,29H,1,5,14-16H2,2-3H3/t22-/m0/s1. The first kappa shape index (κ1) is 23.6. The van der Waals surface area contributed by atoms with Crippen LogP contribution in [0.3, 0.4) is 0 Å². The molecule has 32 heavy (non-hydrogen) atoms. The molecule has 7 heteroatoms. The van der Waals surface area contributed by atoms with Crippen LogP contribution in [0.2, 0.25) is 5.02 Å². The van der Waals surface area contributed by atoms with Crippen LogP contribution in [0.25, 0.3) is 5.76 Å². The number of rotatable bonds is 9. The molecular weight excluding hydrogens is 428 g/mol. The molecule has 2 aromatic rings. The molecule has 1 amide bonds. The maximum absolute atomic E-state index is 13.0. The normalized spacial score (nSPS) is 17.8. The van der Waals surface area contributed by atoms with E-state index in [0.717, 1.165) is 6.54 Å². The second-order valence-electron chi connectivity index (χ2n) is 7.82. The molecular formula is C25H27ClN2O4. The predicted octanol–water partition coefficient (Wildman–Crippen LogP) is 4.28. The van der Waals surface area contributed by atoms with Crippen LogP contribution in [0, 0.1) is 0 Å². The molecule has 0 unspecified atom stereocenters. The minimum absolute atomic E-state index is 0.0712. The summed E-state index contributed by atoms with van der Waals surface area (Å²) in [6.45, 7) is 5.13. The summed E-state index contributed by atoms with van der Waals surface area (Å²) in [4.78, 5) is 29.5. The van der Waals surface area contributed by atoms with E-state index in [2.05, 4.69) is 6.58 Å². The molecule has 6 nitrogen and oxygen atoms in total. The summed E-state index contributed by atoms with van der Waals surface area (Å²) in [5.74, 6) is -0.913. The third-order valence-corrected chi connectivity index (χ3v) is 5.48. The van der Waals surface area contributed by atoms with Crippen LogP contribution in [-0.2, 0) is 9.59 Å². The number of likely N-dealkylation sites (tertiary alicyclic amines) is 1. The Labute approximate surface area is 193 Å². The Hall–Kier alpha value is -3.09. The lowest BCUT2D eigenvalue weighted by atomic mass is 9.95. The van der Waals surface area contributed by atoms with Gasteiger partial charge in [0.2, 0.25) is 0 Å². The number of carbonyl (C=O) groups excluding carboxylic acids is 2. The van der Waals surface area contributed by atoms with E-state index in [1.807, 2.05) is 19.0 Å². The number of Topliss-reactive ketones (excluding diaryl/α,β-unsaturated/α-hetero) is 1. The molecule has 0 aromatic heterocycles. The lowest BCUT2D eigenvalue weighted by Crippen LogP contribution is -2.32. The smallest absolute Gasteiger partial charge is 0.295 e. The zero-order valence-electron chi connectivity index (χ0n) is 18.3. The van der Waals surface area contributed by atoms with Crippen LogP contribution in [0.15, 0.2) is 66.8 Å². The number of amides is 1. The van der Waals surface area contributed by atoms with E-state index in [-0.39, 0.29) is 11.3 Å². The van der Waals surface area contributed by atoms with Gasteiger partial charge in [0.05, 0.1) is 11.6 Å². The molecule has 0 bridgehead atoms. The minimum Gasteiger partial charge on any atom is -0.507 e. The quantitative estimate of drug-likeness (QED) is 0.265. The van der Waals surface area contributed by atoms with Gasteiger partial charge in [-0.1, -0.05) is 36.4 Å². The van der Waals surface area contributed by atoms with Crippen LogP contribution in [-0.4, -0.2) is 60.4 Å². The maximum Gasteiger partial charge on any atom is 0.295 e. The van der Waals surface area contributed by atoms with Gasteiger partial charge in [-0.05, 0) is 69.0 Å². The highest BCUT2D eigenvalue weighted by Crippen LogP contribution is 2.39. The number of aliphatic hydroxyl groups excluding tert-OH is 1. The summed E-state index contributed by atoms with van der Waals surface area (Å²) in [5, 5.41) is 11.6. The first-order valence-corrected chi connectivity index (χ1v) is 10.7. The highest BCUT2D eigenvalue weighted by Gasteiger charge is 2.45. The maximum atomic E-state index is 13.0. The number of carbonyl (C=O) groups is 2. The number of halogens is 1. The molecule has 1 fully saturated rings. The molecule has 1 atom stereocenters. The van der Waals surface area contributed by atoms with Crippen LogP contribution >= 0.6 is 11.6 Å². The Morgan fingerprint density at radius 3 is 2.41 bits per heavy atom. The Bertz CT molecular complexity index is 1010. The zero-order chi connectivity index (χ0) is 23.3. The van der Waals surface area contributed by atoms with E-state index in [0.29, 0.717) is 41.5 Å². The summed E-state index contributed by atoms with van der Waals surface area (Å²) in [6.07, 6.45) is 2.33. The number of hydrogen-bond acceptors (Lipinski definition) is 5. The molecule has 1 aliphatic rings. The monoisotopic (exact) mass is 454 g/mol. The fourth-order valence-corrected chi connectivity index (χ4v) is 3.81. The summed E-state index contributed by atoms with van der Waals surface area (Å²) in [6, 6.07) is 13.0. The minimum atomic E-state index is -0.695. The Morgan fingerprint density at radius 2 is 1.81 bits per heavy atom. The SMILES string of the molecule is C=CCOc1ccc(C(O)=C2C(=O)C(=O)N(CCCN(C)C)[C@H]2c2ccc(Cl)cc2)cc1. The molecule has 3 rings (SSSR count). The van der Waals surface area contributed by atoms with Crippen molar-refractivity contribution in [3.05, 3.63) is 82.9 Å². The number of aliphatic hydroxyl groups is 1. The van der Waals surface area contributed by atoms with Gasteiger partial charge in [-0.25, -0.2) is 0 Å². The van der Waals surface area contributed by atoms with E-state index in [1.165, 1.54) is 4.90 Å². The van der Waals surface area contributed by atoms with Gasteiger partial charge in [-0.15, -0.1) is 0 Å². The van der Waals surface area contributed by atoms with Crippen molar-refractivity contribution in [2.75, 3.05) is 33.8 Å². The first-order valence-electron chi connectivity index (χ1n) is 10.4. The third-order valence-electron chi connectivity index (χ3n) is 5.23. The highest BCUT2D eigenvalue weighted by atomic mass is 35.5. The van der Waals surface area contributed by atoms with Gasteiger partial charge in [0.15, 0.2) is 0 Å². The second kappa shape index (κ2) is 10.5. The van der Waals surface area contributed by atoms with Crippen LogP contribution in [0.4, 0.5) is 0 Å². The van der Waals surface area contributed by atoms with E-state index in [4.69, 9.17) is 16.3 Å². The van der Waals surface area contributed by atoms with Crippen molar-refractivity contribution in [3.63, 3.8) is 0 Å². The summed E-state index contributed by atoms with van der Waals surface area (Å²) in [5.41, 5.74) is 1.22. The lowest BCUT2D eigenvalue weighted by Gasteiger charge is -2.26. The van der Waals surface area contributed by atoms with Crippen molar-refractivity contribution in [1.29, 1.82) is 0 Å². The lowest BCUT2D eigenvalue weighted by molar-refractivity contribution is -0.139. The molecule has 2 aromatic carbocycles. The molecule has 1 aliphatic heterocycles. The predicted molar refractivity (Wildman–Crippen MR) is 126 cm³/mol. The average molecular weight is 455 g/mol. The van der Waals surface area contributed by atoms with Crippen molar-refractivity contribution in [3.8, 4) is 5.75 Å². The van der Waals surface area contributed by atoms with Gasteiger partial charge < -0.3 is 19.6 Å². The van der Waals surface area contributed by atoms with Gasteiger partial charge in [0.25, 0.3) is 11.7 Å². The van der Waals surface area contributed by atoms with Gasteiger partial charge in [-0.2, -0.15) is 0 Å². The van der Waals surface area contributed by atoms with Gasteiger partial charge in [0, 0.05) is 17.1 Å². The highest BCUT2D eigenvalue weighted by molar-refractivity contribution is 6.46. The summed E-state index contributed by atoms with van der Waals surface area (Å²) < 4.78 is 5.47. The fourth-order valence-electron chi connectivity index (χ4n) is 3.68. The van der Waals surface area contributed by atoms with Crippen LogP contribution < -0.4 is 4.74 Å². The van der Waals surface area contributed by atoms with Crippen molar-refractivity contribution >= 4 is 29.1 Å². The number of hydrogen-bond donors (Lipinski definition) is 1. The topological polar surface area (TPSA) is 70.1 Å². The van der Waals surface area contributed by atoms with E-state index >= 15 is 0 Å². The number of ketones is 1. The van der Waals surface area contributed by atoms with Crippen LogP contribution in [0.1, 0.15) is 23.6 Å². The Kier molecular flexibility index (Phi) is 7.72. The van der Waals surface area contributed by atoms with Crippen molar-refractivity contribution in [1.82, 2.24) is 9.80 Å². The largest absolute Gasteiger partial charge is 0.507 e. The Morgan fingerprint density at radius 1 is 1.16 bits per heavy atom. The number of ether oxygens (including phenoxy) is 1. The van der Waals surface area contributed by atoms with Crippen LogP contribution in [0.5, 0.6) is 5.75 Å². The average Bonchev–Trinajstić information content (AvgIpc) is 3.03. The van der Waals surface area contributed by atoms with Gasteiger partial charge in [0.1, 0.15) is 18.1 Å². The second-order valence-corrected chi connectivity index (χ2v) is 8.26. The molecule has 1 N–H and O–H groups in total. The summed E-state index contributed by atoms with van der Waals surface area (Å²) >= 11 is 6.04. The van der Waals surface area contributed by atoms with Crippen molar-refractivity contribution in [2.45, 2.75) is 12.5 Å². The zero-order valence-corrected chi connectivity index (χ0v) is 19.0. The first-order chi connectivity index (χ1) is 15.3. The van der Waals surface area contributed by atoms with E-state index < -0.39 is 17.7 Å².